The van der Waals surface area contributed by atoms with Gasteiger partial charge < -0.3 is 8.85 Å². The topological polar surface area (TPSA) is 18.5 Å². The Bertz CT molecular complexity index is 481. The predicted octanol–water partition coefficient (Wildman–Crippen LogP) is 5.92. The molecule has 0 aromatic heterocycles. The van der Waals surface area contributed by atoms with E-state index in [-0.39, 0.29) is 0 Å². The molecule has 0 atom stereocenters. The molecular formula is C17H48O2Si7. The quantitative estimate of drug-likeness (QED) is 0.401. The fourth-order valence-corrected chi connectivity index (χ4v) is 100. The molecule has 0 amide bonds. The van der Waals surface area contributed by atoms with Gasteiger partial charge in [-0.1, -0.05) is 65.5 Å². The molecule has 0 saturated carbocycles. The van der Waals surface area contributed by atoms with Gasteiger partial charge in [0.05, 0.1) is 21.8 Å². The lowest BCUT2D eigenvalue weighted by atomic mass is 10.9. The molecule has 156 valence electrons. The zero-order valence-electron chi connectivity index (χ0n) is 20.4. The van der Waals surface area contributed by atoms with Crippen LogP contribution in [-0.2, 0) is 8.85 Å². The molecule has 2 rings (SSSR count). The van der Waals surface area contributed by atoms with E-state index in [1.54, 1.807) is 0 Å². The van der Waals surface area contributed by atoms with Crippen molar-refractivity contribution in [2.75, 3.05) is 12.8 Å². The van der Waals surface area contributed by atoms with Gasteiger partial charge in [-0.15, -0.1) is 0 Å². The molecule has 0 aliphatic carbocycles. The van der Waals surface area contributed by atoms with Gasteiger partial charge in [-0.05, 0) is 32.2 Å². The first-order valence-corrected chi connectivity index (χ1v) is 36.7. The maximum Gasteiger partial charge on any atom is 0.171 e. The van der Waals surface area contributed by atoms with Crippen molar-refractivity contribution in [3.05, 3.63) is 0 Å². The molecule has 0 radical (unpaired) electrons. The Hall–Kier alpha value is 1.44. The van der Waals surface area contributed by atoms with E-state index in [1.807, 2.05) is 0 Å². The molecule has 0 aromatic carbocycles. The average molecular weight is 481 g/mol. The van der Waals surface area contributed by atoms with E-state index in [4.69, 9.17) is 8.85 Å². The van der Waals surface area contributed by atoms with Gasteiger partial charge in [-0.3, -0.25) is 0 Å². The third-order valence-electron chi connectivity index (χ3n) is 9.94. The molecule has 0 unspecified atom stereocenters. The fraction of sp³-hybridized carbons (Fsp3) is 1.00. The van der Waals surface area contributed by atoms with Crippen LogP contribution in [0.25, 0.3) is 0 Å². The largest absolute Gasteiger partial charge is 0.424 e. The summed E-state index contributed by atoms with van der Waals surface area (Å²) in [6.07, 6.45) is 1.15. The van der Waals surface area contributed by atoms with Crippen molar-refractivity contribution >= 4 is 52.2 Å². The number of rotatable bonds is 0. The number of hydrogen-bond acceptors (Lipinski definition) is 2. The summed E-state index contributed by atoms with van der Waals surface area (Å²) in [6, 6.07) is 1.41. The smallest absolute Gasteiger partial charge is 0.171 e. The van der Waals surface area contributed by atoms with Gasteiger partial charge in [0.25, 0.3) is 0 Å². The normalized spacial score (nSPS) is 32.1. The highest BCUT2D eigenvalue weighted by atomic mass is 29.8. The molecule has 0 spiro atoms. The third kappa shape index (κ3) is 4.02. The second-order valence-corrected chi connectivity index (χ2v) is 79.6. The molecule has 2 nitrogen and oxygen atoms in total. The molecule has 2 heterocycles. The van der Waals surface area contributed by atoms with Gasteiger partial charge in [-0.2, -0.15) is 0 Å². The van der Waals surface area contributed by atoms with Crippen molar-refractivity contribution < 1.29 is 8.85 Å². The molecular weight excluding hydrogens is 433 g/mol. The molecule has 0 bridgehead atoms. The maximum atomic E-state index is 6.33. The zero-order chi connectivity index (χ0) is 21.0. The van der Waals surface area contributed by atoms with Crippen LogP contribution in [0.5, 0.6) is 0 Å². The van der Waals surface area contributed by atoms with Gasteiger partial charge in [0, 0.05) is 27.5 Å². The van der Waals surface area contributed by atoms with Crippen LogP contribution in [0.15, 0.2) is 0 Å². The highest BCUT2D eigenvalue weighted by molar-refractivity contribution is 7.83. The Labute approximate surface area is 171 Å². The Morgan fingerprint density at radius 2 is 0.885 bits per heavy atom. The summed E-state index contributed by atoms with van der Waals surface area (Å²) >= 11 is 0. The summed E-state index contributed by atoms with van der Waals surface area (Å²) in [6.45, 7) is 36.9. The first-order valence-electron chi connectivity index (χ1n) is 10.4. The van der Waals surface area contributed by atoms with E-state index < -0.39 is 52.2 Å². The van der Waals surface area contributed by atoms with E-state index in [9.17, 15) is 0 Å². The van der Waals surface area contributed by atoms with E-state index in [2.05, 4.69) is 91.7 Å². The second-order valence-electron chi connectivity index (χ2n) is 12.6. The summed E-state index contributed by atoms with van der Waals surface area (Å²) in [7, 11) is -7.49. The summed E-state index contributed by atoms with van der Waals surface area (Å²) in [4.78, 5) is 0. The Kier molecular flexibility index (Phi) is 7.14. The monoisotopic (exact) mass is 480 g/mol. The average Bonchev–Trinajstić information content (AvgIpc) is 2.42. The lowest BCUT2D eigenvalue weighted by molar-refractivity contribution is 0.336. The molecule has 0 N–H and O–H groups in total. The molecule has 0 aromatic rings. The van der Waals surface area contributed by atoms with Gasteiger partial charge >= 0.3 is 0 Å². The Morgan fingerprint density at radius 1 is 0.462 bits per heavy atom. The van der Waals surface area contributed by atoms with Crippen molar-refractivity contribution in [1.82, 2.24) is 0 Å². The van der Waals surface area contributed by atoms with E-state index in [0.29, 0.717) is 0 Å². The molecule has 26 heavy (non-hydrogen) atoms. The summed E-state index contributed by atoms with van der Waals surface area (Å²) < 4.78 is 12.4. The minimum atomic E-state index is -1.31. The van der Waals surface area contributed by atoms with Crippen LogP contribution in [0, 0.1) is 0 Å². The molecule has 2 saturated heterocycles. The summed E-state index contributed by atoms with van der Waals surface area (Å²) in [5.41, 5.74) is 0. The van der Waals surface area contributed by atoms with Crippen LogP contribution in [0.2, 0.25) is 97.7 Å². The van der Waals surface area contributed by atoms with Gasteiger partial charge in [-0.25, -0.2) is 0 Å². The lowest BCUT2D eigenvalue weighted by Gasteiger charge is -2.59. The van der Waals surface area contributed by atoms with Crippen LogP contribution in [0.1, 0.15) is 0 Å². The van der Waals surface area contributed by atoms with Crippen LogP contribution in [0.4, 0.5) is 0 Å². The minimum Gasteiger partial charge on any atom is -0.424 e. The lowest BCUT2D eigenvalue weighted by Crippen LogP contribution is -2.85. The zero-order valence-corrected chi connectivity index (χ0v) is 27.4. The first-order chi connectivity index (χ1) is 11.2. The Morgan fingerprint density at radius 3 is 1.23 bits per heavy atom. The molecule has 2 aliphatic heterocycles. The third-order valence-corrected chi connectivity index (χ3v) is 117. The maximum absolute atomic E-state index is 6.33. The van der Waals surface area contributed by atoms with Crippen molar-refractivity contribution in [3.63, 3.8) is 0 Å². The van der Waals surface area contributed by atoms with Crippen LogP contribution >= 0.6 is 0 Å². The summed E-state index contributed by atoms with van der Waals surface area (Å²) in [5, 5.41) is 0. The first kappa shape index (κ1) is 25.5. The fourth-order valence-electron chi connectivity index (χ4n) is 4.19. The highest BCUT2D eigenvalue weighted by Crippen LogP contribution is 2.40. The predicted molar refractivity (Wildman–Crippen MR) is 139 cm³/mol. The van der Waals surface area contributed by atoms with Crippen LogP contribution in [-0.4, -0.2) is 65.0 Å². The van der Waals surface area contributed by atoms with Crippen LogP contribution < -0.4 is 0 Å². The van der Waals surface area contributed by atoms with E-state index in [1.165, 1.54) is 6.04 Å². The van der Waals surface area contributed by atoms with E-state index in [0.717, 1.165) is 12.8 Å². The Balaban J connectivity index is 0.000000263. The highest BCUT2D eigenvalue weighted by Gasteiger charge is 2.63. The minimum absolute atomic E-state index is 0.878. The van der Waals surface area contributed by atoms with Crippen molar-refractivity contribution in [3.8, 4) is 0 Å². The van der Waals surface area contributed by atoms with Gasteiger partial charge in [0.2, 0.25) is 0 Å². The SMILES string of the molecule is C[Si]1(C)CCO[Si](C)(C)[Si]1(C)C.C[Si]1(C)CO[Si](C)(C)[Si](C)(C)[Si]1(C)C. The molecule has 2 aliphatic rings. The van der Waals surface area contributed by atoms with Gasteiger partial charge in [0.1, 0.15) is 0 Å². The number of hydrogen-bond donors (Lipinski definition) is 0. The van der Waals surface area contributed by atoms with Crippen molar-refractivity contribution in [2.45, 2.75) is 97.7 Å². The van der Waals surface area contributed by atoms with Gasteiger partial charge in [0.15, 0.2) is 15.7 Å². The second kappa shape index (κ2) is 7.29. The molecule has 9 heteroatoms. The van der Waals surface area contributed by atoms with Crippen molar-refractivity contribution in [2.24, 2.45) is 0 Å². The molecule has 2 fully saturated rings. The van der Waals surface area contributed by atoms with Crippen molar-refractivity contribution in [1.29, 1.82) is 0 Å². The summed E-state index contributed by atoms with van der Waals surface area (Å²) in [5.74, 6) is 0. The van der Waals surface area contributed by atoms with Crippen LogP contribution in [0.3, 0.4) is 0 Å². The standard InChI is InChI=1S/C9H26OSi4.C8H22OSi3/c1-11(2)9-10-12(3,4)14(7,8)13(11,5)6;1-10(2)8-7-9-11(3,4)12(10,5)6/h9H2,1-8H3;7-8H2,1-6H3. The van der Waals surface area contributed by atoms with E-state index >= 15 is 0 Å².